The van der Waals surface area contributed by atoms with Crippen LogP contribution >= 0.6 is 23.4 Å². The number of hydrogen-bond acceptors (Lipinski definition) is 6. The topological polar surface area (TPSA) is 61.7 Å². The van der Waals surface area contributed by atoms with Crippen LogP contribution in [0.5, 0.6) is 0 Å². The van der Waals surface area contributed by atoms with Crippen LogP contribution in [0, 0.1) is 0 Å². The molecule has 6 nitrogen and oxygen atoms in total. The van der Waals surface area contributed by atoms with Gasteiger partial charge in [-0.2, -0.15) is 13.2 Å². The molecule has 0 saturated carbocycles. The number of aromatic nitrogens is 1. The van der Waals surface area contributed by atoms with Crippen LogP contribution in [0.1, 0.15) is 11.1 Å². The molecule has 1 fully saturated rings. The van der Waals surface area contributed by atoms with Crippen LogP contribution < -0.4 is 5.76 Å². The lowest BCUT2D eigenvalue weighted by Crippen LogP contribution is -2.46. The maximum Gasteiger partial charge on any atom is 0.417 e. The smallest absolute Gasteiger partial charge is 0.417 e. The van der Waals surface area contributed by atoms with Crippen molar-refractivity contribution < 1.29 is 22.3 Å². The summed E-state index contributed by atoms with van der Waals surface area (Å²) in [6.45, 7) is 7.87. The molecule has 0 spiro atoms. The second-order valence-electron chi connectivity index (χ2n) is 7.88. The Morgan fingerprint density at radius 1 is 1.18 bits per heavy atom. The van der Waals surface area contributed by atoms with Gasteiger partial charge in [0, 0.05) is 48.4 Å². The Morgan fingerprint density at radius 2 is 1.94 bits per heavy atom. The molecule has 3 aromatic rings. The highest BCUT2D eigenvalue weighted by atomic mass is 35.5. The summed E-state index contributed by atoms with van der Waals surface area (Å²) in [6, 6.07) is 9.04. The number of thioether (sulfide) groups is 1. The number of nitrogens with one attached hydrogen (secondary N) is 1. The number of aromatic amines is 1. The Bertz CT molecular complexity index is 1220. The minimum Gasteiger partial charge on any atom is -0.475 e. The number of H-pyrrole nitrogens is 1. The Kier molecular flexibility index (Phi) is 7.49. The lowest BCUT2D eigenvalue weighted by Gasteiger charge is -2.36. The summed E-state index contributed by atoms with van der Waals surface area (Å²) >= 11 is 7.52. The Labute approximate surface area is 203 Å². The van der Waals surface area contributed by atoms with Gasteiger partial charge in [-0.05, 0) is 48.5 Å². The van der Waals surface area contributed by atoms with Gasteiger partial charge in [0.1, 0.15) is 6.61 Å². The lowest BCUT2D eigenvalue weighted by molar-refractivity contribution is -0.137. The van der Waals surface area contributed by atoms with Gasteiger partial charge in [0.15, 0.2) is 11.5 Å². The van der Waals surface area contributed by atoms with Crippen LogP contribution in [0.4, 0.5) is 13.2 Å². The molecule has 182 valence electrons. The highest BCUT2D eigenvalue weighted by molar-refractivity contribution is 7.99. The molecule has 0 bridgehead atoms. The van der Waals surface area contributed by atoms with Crippen molar-refractivity contribution in [1.29, 1.82) is 0 Å². The van der Waals surface area contributed by atoms with Crippen LogP contribution in [0.3, 0.4) is 0 Å². The molecule has 1 aromatic heterocycles. The van der Waals surface area contributed by atoms with Crippen molar-refractivity contribution in [2.45, 2.75) is 17.7 Å². The van der Waals surface area contributed by atoms with Crippen molar-refractivity contribution in [3.63, 3.8) is 0 Å². The molecule has 0 atom stereocenters. The van der Waals surface area contributed by atoms with Crippen LogP contribution in [0.2, 0.25) is 5.02 Å². The normalized spacial score (nSPS) is 15.1. The number of nitrogens with zero attached hydrogens (tertiary/aromatic N) is 2. The number of rotatable bonds is 8. The third-order valence-electron chi connectivity index (χ3n) is 5.48. The highest BCUT2D eigenvalue weighted by Crippen LogP contribution is 2.32. The Hall–Kier alpha value is -2.56. The van der Waals surface area contributed by atoms with Crippen LogP contribution in [-0.2, 0) is 17.5 Å². The van der Waals surface area contributed by atoms with Gasteiger partial charge < -0.3 is 14.1 Å². The first-order chi connectivity index (χ1) is 16.2. The van der Waals surface area contributed by atoms with E-state index < -0.39 is 17.5 Å². The van der Waals surface area contributed by atoms with Crippen molar-refractivity contribution in [3.8, 4) is 0 Å². The molecule has 34 heavy (non-hydrogen) atoms. The second-order valence-corrected chi connectivity index (χ2v) is 9.48. The number of benzene rings is 2. The molecular weight excluding hydrogens is 491 g/mol. The summed E-state index contributed by atoms with van der Waals surface area (Å²) in [5.74, 6) is 0.858. The summed E-state index contributed by atoms with van der Waals surface area (Å²) in [5, 5.41) is 0.0168. The number of halogens is 4. The molecule has 0 radical (unpaired) electrons. The third kappa shape index (κ3) is 6.31. The molecule has 4 rings (SSSR count). The number of fused-ring (bicyclic) bond motifs is 1. The van der Waals surface area contributed by atoms with Gasteiger partial charge in [0.05, 0.1) is 11.1 Å². The molecule has 2 heterocycles. The Balaban J connectivity index is 1.20. The fourth-order valence-electron chi connectivity index (χ4n) is 3.68. The molecule has 0 aliphatic carbocycles. The predicted octanol–water partition coefficient (Wildman–Crippen LogP) is 5.19. The first-order valence-corrected chi connectivity index (χ1v) is 11.9. The molecular formula is C23H23ClF3N3O3S. The van der Waals surface area contributed by atoms with E-state index in [-0.39, 0.29) is 11.6 Å². The fourth-order valence-corrected chi connectivity index (χ4v) is 4.88. The SMILES string of the molecule is C=C(OCc1cc(Cl)cc(C(F)(F)F)c1)N1CCN(CCSc2ccc3[nH]c(=O)oc3c2)CC1. The van der Waals surface area contributed by atoms with Gasteiger partial charge in [0.25, 0.3) is 0 Å². The molecule has 1 aliphatic rings. The number of alkyl halides is 3. The summed E-state index contributed by atoms with van der Waals surface area (Å²) in [5.41, 5.74) is 0.778. The first kappa shape index (κ1) is 24.6. The van der Waals surface area contributed by atoms with E-state index in [1.807, 2.05) is 23.1 Å². The van der Waals surface area contributed by atoms with Crippen molar-refractivity contribution in [3.05, 3.63) is 75.6 Å². The van der Waals surface area contributed by atoms with Crippen molar-refractivity contribution in [2.75, 3.05) is 38.5 Å². The number of ether oxygens (including phenoxy) is 1. The lowest BCUT2D eigenvalue weighted by atomic mass is 10.1. The van der Waals surface area contributed by atoms with Gasteiger partial charge >= 0.3 is 11.9 Å². The van der Waals surface area contributed by atoms with E-state index in [0.29, 0.717) is 35.6 Å². The van der Waals surface area contributed by atoms with E-state index in [9.17, 15) is 18.0 Å². The van der Waals surface area contributed by atoms with E-state index in [1.54, 1.807) is 11.8 Å². The van der Waals surface area contributed by atoms with Crippen molar-refractivity contribution >= 4 is 34.5 Å². The molecule has 1 N–H and O–H groups in total. The zero-order valence-corrected chi connectivity index (χ0v) is 19.7. The summed E-state index contributed by atoms with van der Waals surface area (Å²) in [4.78, 5) is 19.2. The van der Waals surface area contributed by atoms with Crippen molar-refractivity contribution in [1.82, 2.24) is 14.8 Å². The van der Waals surface area contributed by atoms with Gasteiger partial charge in [-0.25, -0.2) is 4.79 Å². The van der Waals surface area contributed by atoms with Gasteiger partial charge in [-0.1, -0.05) is 11.6 Å². The first-order valence-electron chi connectivity index (χ1n) is 10.6. The molecule has 2 aromatic carbocycles. The maximum absolute atomic E-state index is 13.0. The van der Waals surface area contributed by atoms with E-state index in [1.165, 1.54) is 6.07 Å². The summed E-state index contributed by atoms with van der Waals surface area (Å²) in [6.07, 6.45) is -4.46. The van der Waals surface area contributed by atoms with Gasteiger partial charge in [-0.15, -0.1) is 11.8 Å². The minimum atomic E-state index is -4.46. The van der Waals surface area contributed by atoms with Crippen LogP contribution in [0.25, 0.3) is 11.1 Å². The fraction of sp³-hybridized carbons (Fsp3) is 0.348. The monoisotopic (exact) mass is 513 g/mol. The zero-order chi connectivity index (χ0) is 24.3. The van der Waals surface area contributed by atoms with Crippen LogP contribution in [-0.4, -0.2) is 53.3 Å². The van der Waals surface area contributed by atoms with Crippen LogP contribution in [0.15, 0.2) is 63.0 Å². The van der Waals surface area contributed by atoms with E-state index in [4.69, 9.17) is 20.8 Å². The minimum absolute atomic E-state index is 0.0168. The molecule has 0 unspecified atom stereocenters. The van der Waals surface area contributed by atoms with E-state index in [2.05, 4.69) is 16.5 Å². The molecule has 0 amide bonds. The average molecular weight is 514 g/mol. The number of hydrogen-bond donors (Lipinski definition) is 1. The largest absolute Gasteiger partial charge is 0.475 e. The summed E-state index contributed by atoms with van der Waals surface area (Å²) < 4.78 is 49.7. The Morgan fingerprint density at radius 3 is 2.68 bits per heavy atom. The van der Waals surface area contributed by atoms with E-state index in [0.717, 1.165) is 42.4 Å². The van der Waals surface area contributed by atoms with Gasteiger partial charge in [0.2, 0.25) is 0 Å². The summed E-state index contributed by atoms with van der Waals surface area (Å²) in [7, 11) is 0. The quantitative estimate of drug-likeness (QED) is 0.330. The number of oxazole rings is 1. The van der Waals surface area contributed by atoms with E-state index >= 15 is 0 Å². The van der Waals surface area contributed by atoms with Gasteiger partial charge in [-0.3, -0.25) is 9.88 Å². The zero-order valence-electron chi connectivity index (χ0n) is 18.2. The van der Waals surface area contributed by atoms with Crippen molar-refractivity contribution in [2.24, 2.45) is 0 Å². The highest BCUT2D eigenvalue weighted by Gasteiger charge is 2.31. The molecule has 1 saturated heterocycles. The second kappa shape index (κ2) is 10.4. The molecule has 11 heteroatoms. The maximum atomic E-state index is 13.0. The average Bonchev–Trinajstić information content (AvgIpc) is 3.16. The number of piperazine rings is 1. The standard InChI is InChI=1S/C23H23ClF3N3O3S/c1-15(32-14-16-10-17(23(25,26)27)12-18(24)11-16)30-6-4-29(5-7-30)8-9-34-19-2-3-20-21(13-19)33-22(31)28-20/h2-3,10-13H,1,4-9,14H2,(H,28,31). The molecule has 1 aliphatic heterocycles. The predicted molar refractivity (Wildman–Crippen MR) is 126 cm³/mol. The third-order valence-corrected chi connectivity index (χ3v) is 6.68.